The van der Waals surface area contributed by atoms with Crippen molar-refractivity contribution in [3.63, 3.8) is 0 Å². The van der Waals surface area contributed by atoms with Gasteiger partial charge >= 0.3 is 0 Å². The summed E-state index contributed by atoms with van der Waals surface area (Å²) in [4.78, 5) is 16.7. The van der Waals surface area contributed by atoms with Gasteiger partial charge in [0.25, 0.3) is 0 Å². The summed E-state index contributed by atoms with van der Waals surface area (Å²) in [5, 5.41) is 10.8. The van der Waals surface area contributed by atoms with Gasteiger partial charge in [-0.1, -0.05) is 33.1 Å². The highest BCUT2D eigenvalue weighted by molar-refractivity contribution is 5.26. The third-order valence-corrected chi connectivity index (χ3v) is 0.500. The molecule has 0 fully saturated rings. The van der Waals surface area contributed by atoms with E-state index < -0.39 is 0 Å². The second kappa shape index (κ2) is 37.3. The van der Waals surface area contributed by atoms with Crippen molar-refractivity contribution in [3.8, 4) is 0 Å². The lowest BCUT2D eigenvalue weighted by Crippen LogP contribution is -1.59. The van der Waals surface area contributed by atoms with Crippen molar-refractivity contribution in [1.82, 2.24) is 0 Å². The number of hydrogen-bond acceptors (Lipinski definition) is 4. The van der Waals surface area contributed by atoms with Crippen molar-refractivity contribution in [2.24, 2.45) is 0 Å². The third-order valence-electron chi connectivity index (χ3n) is 0.500. The van der Waals surface area contributed by atoms with Crippen molar-refractivity contribution in [2.45, 2.75) is 33.1 Å². The summed E-state index contributed by atoms with van der Waals surface area (Å²) in [6, 6.07) is 0. The molecule has 2 N–H and O–H groups in total. The van der Waals surface area contributed by atoms with Crippen molar-refractivity contribution in [3.05, 3.63) is 0 Å². The Bertz CT molecular complexity index is 125. The fraction of sp³-hybridized carbons (Fsp3) is 0.714. The van der Waals surface area contributed by atoms with Crippen molar-refractivity contribution < 1.29 is 12.3 Å². The highest BCUT2D eigenvalue weighted by Crippen LogP contribution is 1.88. The molecule has 0 aliphatic carbocycles. The van der Waals surface area contributed by atoms with Crippen LogP contribution in [0.25, 0.3) is 0 Å². The van der Waals surface area contributed by atoms with Gasteiger partial charge in [-0.15, -0.1) is 0 Å². The molecule has 0 aromatic carbocycles. The molecular formula is C7H14N2O2. The Balaban J connectivity index is -0.000000140. The lowest BCUT2D eigenvalue weighted by Gasteiger charge is -1.79. The molecule has 0 heterocycles. The van der Waals surface area contributed by atoms with Gasteiger partial charge in [-0.3, -0.25) is 0 Å². The second-order valence-corrected chi connectivity index (χ2v) is 1.26. The molecule has 4 heteroatoms. The molecule has 0 spiro atoms. The molecule has 0 bridgehead atoms. The predicted molar refractivity (Wildman–Crippen MR) is 42.0 cm³/mol. The smallest absolute Gasteiger partial charge is 0.222 e. The van der Waals surface area contributed by atoms with Crippen LogP contribution in [0.5, 0.6) is 0 Å². The maximum Gasteiger partial charge on any atom is 0.231 e. The van der Waals surface area contributed by atoms with Gasteiger partial charge in [0.2, 0.25) is 12.2 Å². The Kier molecular flexibility index (Phi) is 33.1. The van der Waals surface area contributed by atoms with Gasteiger partial charge < -0.3 is 0 Å². The van der Waals surface area contributed by atoms with Crippen LogP contribution in [-0.4, -0.2) is 12.2 Å². The van der Waals surface area contributed by atoms with Gasteiger partial charge in [0.1, 0.15) is 0 Å². The monoisotopic (exact) mass is 160 g/mol. The summed E-state index contributed by atoms with van der Waals surface area (Å²) in [5.74, 6) is 0. The second-order valence-electron chi connectivity index (χ2n) is 1.26. The first-order valence-corrected chi connectivity index (χ1v) is 2.91. The molecular weight excluding hydrogens is 144 g/mol. The Labute approximate surface area is 69.4 Å². The molecule has 0 saturated carbocycles. The quantitative estimate of drug-likeness (QED) is 0.368. The lowest BCUT2D eigenvalue weighted by molar-refractivity contribution is 0.562. The van der Waals surface area contributed by atoms with E-state index in [1.807, 2.05) is 0 Å². The van der Waals surface area contributed by atoms with E-state index in [4.69, 9.17) is 23.1 Å². The number of rotatable bonds is 2. The van der Waals surface area contributed by atoms with E-state index >= 15 is 0 Å². The highest BCUT2D eigenvalue weighted by Gasteiger charge is 1.68. The molecule has 0 saturated heterocycles. The Morgan fingerprint density at radius 3 is 1.64 bits per heavy atom. The van der Waals surface area contributed by atoms with Crippen molar-refractivity contribution >= 4 is 12.2 Å². The number of carbonyl (C=O) groups excluding carboxylic acids is 2. The predicted octanol–water partition coefficient (Wildman–Crippen LogP) is 2.00. The third kappa shape index (κ3) is 693. The Morgan fingerprint density at radius 1 is 1.18 bits per heavy atom. The number of isocyanates is 2. The molecule has 0 aromatic heterocycles. The minimum Gasteiger partial charge on any atom is -0.222 e. The zero-order chi connectivity index (χ0) is 10.9. The van der Waals surface area contributed by atoms with Crippen molar-refractivity contribution in [2.75, 3.05) is 0 Å². The van der Waals surface area contributed by atoms with Crippen LogP contribution in [0.1, 0.15) is 35.8 Å². The fourth-order valence-corrected chi connectivity index (χ4v) is 0.177. The van der Waals surface area contributed by atoms with Gasteiger partial charge in [-0.25, -0.2) is 20.4 Å². The maximum absolute atomic E-state index is 8.35. The summed E-state index contributed by atoms with van der Waals surface area (Å²) < 4.78 is 13.4. The number of nitrogens with one attached hydrogen (secondary N) is 2. The normalized spacial score (nSPS) is 7.64. The number of unbranched alkanes of at least 4 members (excludes halogenated alkanes) is 2. The Morgan fingerprint density at radius 2 is 1.45 bits per heavy atom. The first-order chi connectivity index (χ1) is 6.24. The largest absolute Gasteiger partial charge is 0.231 e. The molecule has 0 aliphatic heterocycles. The van der Waals surface area contributed by atoms with Crippen LogP contribution in [0.4, 0.5) is 0 Å². The fourth-order valence-electron chi connectivity index (χ4n) is 0.177. The van der Waals surface area contributed by atoms with E-state index in [2.05, 4.69) is 0 Å². The van der Waals surface area contributed by atoms with E-state index in [0.717, 1.165) is 31.4 Å². The maximum atomic E-state index is 8.35. The molecule has 0 aliphatic rings. The summed E-state index contributed by atoms with van der Waals surface area (Å²) in [7, 11) is 0. The van der Waals surface area contributed by atoms with Crippen LogP contribution >= 0.6 is 0 Å². The van der Waals surface area contributed by atoms with Crippen LogP contribution in [0, 0.1) is 10.8 Å². The molecule has 0 rings (SSSR count). The summed E-state index contributed by atoms with van der Waals surface area (Å²) in [5.41, 5.74) is 0. The minimum atomic E-state index is 0.528. The molecule has 4 nitrogen and oxygen atoms in total. The lowest BCUT2D eigenvalue weighted by atomic mass is 10.3. The van der Waals surface area contributed by atoms with E-state index in [-0.39, 0.29) is 0 Å². The van der Waals surface area contributed by atoms with Crippen LogP contribution in [0.3, 0.4) is 0 Å². The number of hydrogen-bond donors (Lipinski definition) is 2. The standard InChI is InChI=1S/C5H12.2CHNO/c1-3-5-4-2;2*2-1-3/h3-5H2,1-2H3;2*2H/i1D,2D;;. The van der Waals surface area contributed by atoms with Crippen molar-refractivity contribution in [1.29, 1.82) is 10.8 Å². The Hall–Kier alpha value is -1.24. The molecule has 0 amide bonds. The molecule has 0 radical (unpaired) electrons. The molecule has 0 atom stereocenters. The summed E-state index contributed by atoms with van der Waals surface area (Å²) in [6.45, 7) is 1.06. The minimum absolute atomic E-state index is 0.528. The average molecular weight is 160 g/mol. The van der Waals surface area contributed by atoms with E-state index in [1.54, 1.807) is 0 Å². The zero-order valence-corrected chi connectivity index (χ0v) is 6.35. The highest BCUT2D eigenvalue weighted by atomic mass is 16.1. The molecule has 11 heavy (non-hydrogen) atoms. The van der Waals surface area contributed by atoms with E-state index in [1.165, 1.54) is 0 Å². The van der Waals surface area contributed by atoms with E-state index in [0.29, 0.717) is 13.8 Å². The van der Waals surface area contributed by atoms with Crippen LogP contribution in [0.2, 0.25) is 0 Å². The van der Waals surface area contributed by atoms with Gasteiger partial charge in [-0.2, -0.15) is 0 Å². The van der Waals surface area contributed by atoms with Crippen LogP contribution < -0.4 is 0 Å². The first kappa shape index (κ1) is 9.76. The van der Waals surface area contributed by atoms with Gasteiger partial charge in [-0.05, 0) is 0 Å². The van der Waals surface area contributed by atoms with Gasteiger partial charge in [0.05, 0.1) is 0 Å². The van der Waals surface area contributed by atoms with Crippen LogP contribution in [0.15, 0.2) is 0 Å². The average Bonchev–Trinajstić information content (AvgIpc) is 2.08. The zero-order valence-electron chi connectivity index (χ0n) is 8.35. The van der Waals surface area contributed by atoms with Gasteiger partial charge in [0, 0.05) is 2.74 Å². The first-order valence-electron chi connectivity index (χ1n) is 4.32. The topological polar surface area (TPSA) is 81.8 Å². The van der Waals surface area contributed by atoms with Gasteiger partial charge in [0.15, 0.2) is 0 Å². The SMILES string of the molecule is N=C=O.N=C=O.[2H]CCCCC[2H]. The summed E-state index contributed by atoms with van der Waals surface area (Å²) in [6.07, 6.45) is 4.50. The molecule has 64 valence electrons. The van der Waals surface area contributed by atoms with Crippen LogP contribution in [-0.2, 0) is 9.59 Å². The van der Waals surface area contributed by atoms with E-state index in [9.17, 15) is 0 Å². The summed E-state index contributed by atoms with van der Waals surface area (Å²) >= 11 is 0. The molecule has 0 aromatic rings. The molecule has 0 unspecified atom stereocenters.